The van der Waals surface area contributed by atoms with Crippen LogP contribution in [0.5, 0.6) is 0 Å². The second-order valence-corrected chi connectivity index (χ2v) is 5.53. The van der Waals surface area contributed by atoms with Gasteiger partial charge >= 0.3 is 0 Å². The molecule has 3 atom stereocenters. The molecular weight excluding hydrogens is 200 g/mol. The topological polar surface area (TPSA) is 32.3 Å². The van der Waals surface area contributed by atoms with Crippen molar-refractivity contribution in [1.82, 2.24) is 10.2 Å². The molecule has 1 amide bonds. The van der Waals surface area contributed by atoms with Crippen molar-refractivity contribution < 1.29 is 4.79 Å². The van der Waals surface area contributed by atoms with Gasteiger partial charge in [-0.25, -0.2) is 0 Å². The lowest BCUT2D eigenvalue weighted by Gasteiger charge is -2.30. The Hall–Kier alpha value is -0.570. The van der Waals surface area contributed by atoms with E-state index in [2.05, 4.69) is 19.2 Å². The summed E-state index contributed by atoms with van der Waals surface area (Å²) in [4.78, 5) is 13.2. The lowest BCUT2D eigenvalue weighted by Crippen LogP contribution is -2.41. The molecular formula is C13H26N2O. The molecule has 0 bridgehead atoms. The van der Waals surface area contributed by atoms with Crippen LogP contribution in [0.4, 0.5) is 0 Å². The zero-order valence-corrected chi connectivity index (χ0v) is 11.1. The maximum absolute atomic E-state index is 11.5. The SMILES string of the molecule is CC1CCCC(NC(C)CC(=O)N(C)C)C1. The molecule has 3 nitrogen and oxygen atoms in total. The van der Waals surface area contributed by atoms with Gasteiger partial charge in [0.15, 0.2) is 0 Å². The van der Waals surface area contributed by atoms with Crippen molar-refractivity contribution in [2.24, 2.45) is 5.92 Å². The van der Waals surface area contributed by atoms with Crippen molar-refractivity contribution in [1.29, 1.82) is 0 Å². The molecule has 1 aliphatic rings. The summed E-state index contributed by atoms with van der Waals surface area (Å²) in [5, 5.41) is 3.59. The maximum Gasteiger partial charge on any atom is 0.223 e. The Kier molecular flexibility index (Phi) is 5.26. The molecule has 1 saturated carbocycles. The van der Waals surface area contributed by atoms with Crippen LogP contribution in [0.3, 0.4) is 0 Å². The first-order chi connectivity index (χ1) is 7.49. The van der Waals surface area contributed by atoms with E-state index in [1.54, 1.807) is 4.90 Å². The third kappa shape index (κ3) is 4.52. The first kappa shape index (κ1) is 13.5. The summed E-state index contributed by atoms with van der Waals surface area (Å²) in [6.45, 7) is 4.43. The van der Waals surface area contributed by atoms with Gasteiger partial charge < -0.3 is 10.2 Å². The summed E-state index contributed by atoms with van der Waals surface area (Å²) in [7, 11) is 3.63. The summed E-state index contributed by atoms with van der Waals surface area (Å²) < 4.78 is 0. The second kappa shape index (κ2) is 6.24. The standard InChI is InChI=1S/C13H26N2O/c1-10-6-5-7-12(8-10)14-11(2)9-13(16)15(3)4/h10-12,14H,5-9H2,1-4H3. The van der Waals surface area contributed by atoms with Gasteiger partial charge in [0.25, 0.3) is 0 Å². The van der Waals surface area contributed by atoms with E-state index in [9.17, 15) is 4.79 Å². The maximum atomic E-state index is 11.5. The van der Waals surface area contributed by atoms with Gasteiger partial charge in [0.1, 0.15) is 0 Å². The molecule has 94 valence electrons. The number of carbonyl (C=O) groups is 1. The third-order valence-corrected chi connectivity index (χ3v) is 3.44. The normalized spacial score (nSPS) is 27.5. The van der Waals surface area contributed by atoms with Gasteiger partial charge in [-0.15, -0.1) is 0 Å². The average molecular weight is 226 g/mol. The Morgan fingerprint density at radius 1 is 1.44 bits per heavy atom. The number of rotatable bonds is 4. The molecule has 1 fully saturated rings. The molecule has 1 aliphatic carbocycles. The van der Waals surface area contributed by atoms with E-state index in [-0.39, 0.29) is 5.91 Å². The second-order valence-electron chi connectivity index (χ2n) is 5.53. The Morgan fingerprint density at radius 3 is 2.69 bits per heavy atom. The fourth-order valence-corrected chi connectivity index (χ4v) is 2.49. The molecule has 0 aromatic rings. The summed E-state index contributed by atoms with van der Waals surface area (Å²) in [5.74, 6) is 1.05. The summed E-state index contributed by atoms with van der Waals surface area (Å²) >= 11 is 0. The quantitative estimate of drug-likeness (QED) is 0.795. The van der Waals surface area contributed by atoms with Gasteiger partial charge in [0.2, 0.25) is 5.91 Å². The number of hydrogen-bond acceptors (Lipinski definition) is 2. The molecule has 0 saturated heterocycles. The van der Waals surface area contributed by atoms with Gasteiger partial charge in [-0.2, -0.15) is 0 Å². The van der Waals surface area contributed by atoms with Crippen molar-refractivity contribution >= 4 is 5.91 Å². The molecule has 1 rings (SSSR count). The molecule has 1 N–H and O–H groups in total. The minimum Gasteiger partial charge on any atom is -0.349 e. The number of amides is 1. The van der Waals surface area contributed by atoms with E-state index in [0.29, 0.717) is 18.5 Å². The fourth-order valence-electron chi connectivity index (χ4n) is 2.49. The number of carbonyl (C=O) groups excluding carboxylic acids is 1. The van der Waals surface area contributed by atoms with Gasteiger partial charge in [0.05, 0.1) is 0 Å². The number of nitrogens with zero attached hydrogens (tertiary/aromatic N) is 1. The molecule has 3 heteroatoms. The molecule has 0 aromatic heterocycles. The predicted octanol–water partition coefficient (Wildman–Crippen LogP) is 2.02. The highest BCUT2D eigenvalue weighted by Gasteiger charge is 2.21. The third-order valence-electron chi connectivity index (χ3n) is 3.44. The van der Waals surface area contributed by atoms with Crippen molar-refractivity contribution in [3.63, 3.8) is 0 Å². The van der Waals surface area contributed by atoms with E-state index in [1.165, 1.54) is 25.7 Å². The van der Waals surface area contributed by atoms with E-state index in [4.69, 9.17) is 0 Å². The number of hydrogen-bond donors (Lipinski definition) is 1. The molecule has 0 aliphatic heterocycles. The Balaban J connectivity index is 2.27. The molecule has 3 unspecified atom stereocenters. The number of nitrogens with one attached hydrogen (secondary N) is 1. The lowest BCUT2D eigenvalue weighted by molar-refractivity contribution is -0.129. The minimum absolute atomic E-state index is 0.212. The predicted molar refractivity (Wildman–Crippen MR) is 67.3 cm³/mol. The van der Waals surface area contributed by atoms with Crippen LogP contribution in [0.25, 0.3) is 0 Å². The van der Waals surface area contributed by atoms with Crippen LogP contribution >= 0.6 is 0 Å². The van der Waals surface area contributed by atoms with E-state index < -0.39 is 0 Å². The average Bonchev–Trinajstić information content (AvgIpc) is 2.16. The van der Waals surface area contributed by atoms with Crippen LogP contribution in [0.15, 0.2) is 0 Å². The summed E-state index contributed by atoms with van der Waals surface area (Å²) in [5.41, 5.74) is 0. The van der Waals surface area contributed by atoms with Crippen LogP contribution in [0, 0.1) is 5.92 Å². The smallest absolute Gasteiger partial charge is 0.223 e. The van der Waals surface area contributed by atoms with Crippen LogP contribution < -0.4 is 5.32 Å². The lowest BCUT2D eigenvalue weighted by atomic mass is 9.86. The highest BCUT2D eigenvalue weighted by Crippen LogP contribution is 2.23. The Labute approximate surface area is 99.6 Å². The van der Waals surface area contributed by atoms with E-state index in [1.807, 2.05) is 14.1 Å². The minimum atomic E-state index is 0.212. The van der Waals surface area contributed by atoms with Gasteiger partial charge in [0, 0.05) is 32.6 Å². The summed E-state index contributed by atoms with van der Waals surface area (Å²) in [6.07, 6.45) is 5.83. The Morgan fingerprint density at radius 2 is 2.12 bits per heavy atom. The highest BCUT2D eigenvalue weighted by atomic mass is 16.2. The van der Waals surface area contributed by atoms with Crippen molar-refractivity contribution in [3.8, 4) is 0 Å². The van der Waals surface area contributed by atoms with Crippen molar-refractivity contribution in [3.05, 3.63) is 0 Å². The van der Waals surface area contributed by atoms with Crippen molar-refractivity contribution in [2.45, 2.75) is 58.0 Å². The molecule has 0 aromatic carbocycles. The van der Waals surface area contributed by atoms with Gasteiger partial charge in [-0.05, 0) is 25.7 Å². The molecule has 0 radical (unpaired) electrons. The Bertz CT molecular complexity index is 228. The fraction of sp³-hybridized carbons (Fsp3) is 0.923. The van der Waals surface area contributed by atoms with E-state index >= 15 is 0 Å². The van der Waals surface area contributed by atoms with Crippen LogP contribution in [0.2, 0.25) is 0 Å². The van der Waals surface area contributed by atoms with Crippen LogP contribution in [-0.2, 0) is 4.79 Å². The zero-order chi connectivity index (χ0) is 12.1. The largest absolute Gasteiger partial charge is 0.349 e. The van der Waals surface area contributed by atoms with Crippen LogP contribution in [0.1, 0.15) is 46.0 Å². The monoisotopic (exact) mass is 226 g/mol. The first-order valence-corrected chi connectivity index (χ1v) is 6.45. The van der Waals surface area contributed by atoms with Gasteiger partial charge in [-0.3, -0.25) is 4.79 Å². The summed E-state index contributed by atoms with van der Waals surface area (Å²) in [6, 6.07) is 0.916. The van der Waals surface area contributed by atoms with Crippen molar-refractivity contribution in [2.75, 3.05) is 14.1 Å². The highest BCUT2D eigenvalue weighted by molar-refractivity contribution is 5.76. The molecule has 0 heterocycles. The van der Waals surface area contributed by atoms with Gasteiger partial charge in [-0.1, -0.05) is 19.8 Å². The zero-order valence-electron chi connectivity index (χ0n) is 11.1. The molecule has 16 heavy (non-hydrogen) atoms. The van der Waals surface area contributed by atoms with E-state index in [0.717, 1.165) is 5.92 Å². The van der Waals surface area contributed by atoms with Crippen LogP contribution in [-0.4, -0.2) is 37.0 Å². The first-order valence-electron chi connectivity index (χ1n) is 6.45. The molecule has 0 spiro atoms.